The number of hydrogen-bond acceptors (Lipinski definition) is 17. The highest BCUT2D eigenvalue weighted by molar-refractivity contribution is 9.09. The molecule has 0 aliphatic carbocycles. The fourth-order valence-electron chi connectivity index (χ4n) is 3.66. The maximum absolute atomic E-state index is 11.7. The fraction of sp³-hybridized carbons (Fsp3) is 0.488. The van der Waals surface area contributed by atoms with Gasteiger partial charge in [-0.15, -0.1) is 0 Å². The van der Waals surface area contributed by atoms with E-state index in [1.165, 1.54) is 41.0 Å². The van der Waals surface area contributed by atoms with Gasteiger partial charge in [-0.3, -0.25) is 4.79 Å². The minimum Gasteiger partial charge on any atom is -0.492 e. The van der Waals surface area contributed by atoms with Crippen LogP contribution in [-0.2, 0) is 4.74 Å². The molecule has 0 unspecified atom stereocenters. The number of likely N-dealkylation sites (N-methyl/N-ethyl adjacent to an activating group) is 3. The molecule has 0 saturated carbocycles. The maximum Gasteiger partial charge on any atom is 0.410 e. The third-order valence-corrected chi connectivity index (χ3v) is 7.50. The van der Waals surface area contributed by atoms with Crippen LogP contribution in [0.3, 0.4) is 0 Å². The molecule has 11 N–H and O–H groups in total. The number of pyridine rings is 4. The van der Waals surface area contributed by atoms with Crippen molar-refractivity contribution in [3.05, 3.63) is 83.5 Å². The SMILES string of the molecule is CCCCBr.CCCCO.CN(C#N)CCOc1ccnc(N)c1.CN(CCOc1ccnc(N)c1)C(=O)OC(C)(C)C.CNCCOc1ccnc(N)c1.Nc1cc(=O)cc[nH]1. The first-order valence-corrected chi connectivity index (χ1v) is 21.4. The number of unbranched alkanes of at least 4 members (excludes halogenated alkanes) is 2. The summed E-state index contributed by atoms with van der Waals surface area (Å²) in [6, 6.07) is 12.9. The molecule has 63 heavy (non-hydrogen) atoms. The zero-order chi connectivity index (χ0) is 47.9. The van der Waals surface area contributed by atoms with Crippen molar-refractivity contribution in [2.24, 2.45) is 0 Å². The largest absolute Gasteiger partial charge is 0.492 e. The summed E-state index contributed by atoms with van der Waals surface area (Å²) in [5.74, 6) is 3.77. The Kier molecular flexibility index (Phi) is 35.3. The summed E-state index contributed by atoms with van der Waals surface area (Å²) in [5, 5.41) is 20.7. The van der Waals surface area contributed by atoms with Crippen LogP contribution >= 0.6 is 15.9 Å². The Balaban J connectivity index is 0. The summed E-state index contributed by atoms with van der Waals surface area (Å²) in [7, 11) is 5.24. The van der Waals surface area contributed by atoms with Gasteiger partial charge in [-0.25, -0.2) is 19.7 Å². The summed E-state index contributed by atoms with van der Waals surface area (Å²) in [4.78, 5) is 39.2. The Morgan fingerprint density at radius 3 is 1.62 bits per heavy atom. The number of ether oxygens (including phenoxy) is 4. The smallest absolute Gasteiger partial charge is 0.410 e. The number of carbonyl (C=O) groups excluding carboxylic acids is 1. The third kappa shape index (κ3) is 37.5. The van der Waals surface area contributed by atoms with Gasteiger partial charge in [0.1, 0.15) is 65.9 Å². The van der Waals surface area contributed by atoms with Gasteiger partial charge < -0.3 is 67.1 Å². The van der Waals surface area contributed by atoms with Gasteiger partial charge in [-0.2, -0.15) is 5.26 Å². The molecule has 4 rings (SSSR count). The number of nitrogens with two attached hydrogens (primary N) is 4. The second kappa shape index (κ2) is 37.7. The molecule has 1 amide bonds. The van der Waals surface area contributed by atoms with E-state index in [0.29, 0.717) is 74.3 Å². The van der Waals surface area contributed by atoms with Crippen molar-refractivity contribution in [2.45, 2.75) is 65.9 Å². The molecule has 4 heterocycles. The molecule has 19 nitrogen and oxygen atoms in total. The number of nitriles is 1. The molecule has 352 valence electrons. The summed E-state index contributed by atoms with van der Waals surface area (Å²) in [6.07, 6.45) is 12.5. The molecule has 0 saturated heterocycles. The number of halogens is 1. The van der Waals surface area contributed by atoms with Gasteiger partial charge in [-0.05, 0) is 58.9 Å². The lowest BCUT2D eigenvalue weighted by molar-refractivity contribution is 0.0278. The maximum atomic E-state index is 11.7. The van der Waals surface area contributed by atoms with Crippen LogP contribution < -0.4 is 47.9 Å². The van der Waals surface area contributed by atoms with E-state index < -0.39 is 5.60 Å². The number of hydrogen-bond donors (Lipinski definition) is 7. The Bertz CT molecular complexity index is 1840. The van der Waals surface area contributed by atoms with Gasteiger partial charge >= 0.3 is 6.09 Å². The second-order valence-corrected chi connectivity index (χ2v) is 14.7. The Morgan fingerprint density at radius 1 is 0.825 bits per heavy atom. The molecule has 0 atom stereocenters. The Morgan fingerprint density at radius 2 is 1.30 bits per heavy atom. The van der Waals surface area contributed by atoms with Crippen molar-refractivity contribution in [2.75, 3.05) is 95.5 Å². The van der Waals surface area contributed by atoms with E-state index in [1.54, 1.807) is 69.1 Å². The van der Waals surface area contributed by atoms with E-state index >= 15 is 0 Å². The molecule has 0 spiro atoms. The van der Waals surface area contributed by atoms with Crippen molar-refractivity contribution in [1.82, 2.24) is 35.1 Å². The van der Waals surface area contributed by atoms with E-state index in [2.05, 4.69) is 55.0 Å². The molecule has 4 aromatic heterocycles. The molecule has 0 radical (unpaired) electrons. The first-order valence-electron chi connectivity index (χ1n) is 20.3. The summed E-state index contributed by atoms with van der Waals surface area (Å²) >= 11 is 3.31. The summed E-state index contributed by atoms with van der Waals surface area (Å²) < 4.78 is 21.4. The number of aliphatic hydroxyl groups is 1. The van der Waals surface area contributed by atoms with E-state index in [-0.39, 0.29) is 11.5 Å². The molecule has 0 bridgehead atoms. The number of carbonyl (C=O) groups is 1. The van der Waals surface area contributed by atoms with Gasteiger partial charge in [0.25, 0.3) is 0 Å². The van der Waals surface area contributed by atoms with Gasteiger partial charge in [0.2, 0.25) is 0 Å². The molecular formula is C43H71BrN12O7. The lowest BCUT2D eigenvalue weighted by Crippen LogP contribution is -2.36. The average molecular weight is 948 g/mol. The van der Waals surface area contributed by atoms with Gasteiger partial charge in [0, 0.05) is 87.7 Å². The predicted octanol–water partition coefficient (Wildman–Crippen LogP) is 5.54. The van der Waals surface area contributed by atoms with Gasteiger partial charge in [-0.1, -0.05) is 42.6 Å². The first-order chi connectivity index (χ1) is 29.9. The number of nitrogen functional groups attached to an aromatic ring is 4. The van der Waals surface area contributed by atoms with Crippen molar-refractivity contribution in [3.8, 4) is 23.4 Å². The van der Waals surface area contributed by atoms with Crippen LogP contribution in [0, 0.1) is 11.5 Å². The monoisotopic (exact) mass is 946 g/mol. The van der Waals surface area contributed by atoms with E-state index in [4.69, 9.17) is 52.3 Å². The Hall–Kier alpha value is -6.04. The van der Waals surface area contributed by atoms with Crippen LogP contribution in [0.15, 0.2) is 78.1 Å². The molecule has 0 aliphatic rings. The lowest BCUT2D eigenvalue weighted by atomic mass is 10.2. The number of aromatic nitrogens is 4. The zero-order valence-electron chi connectivity index (χ0n) is 38.2. The van der Waals surface area contributed by atoms with Crippen molar-refractivity contribution in [3.63, 3.8) is 0 Å². The van der Waals surface area contributed by atoms with Gasteiger partial charge in [0.05, 0.1) is 13.1 Å². The number of H-pyrrole nitrogens is 1. The number of alkyl halides is 1. The number of amides is 1. The van der Waals surface area contributed by atoms with Gasteiger partial charge in [0.15, 0.2) is 11.6 Å². The topological polar surface area (TPSA) is 292 Å². The fourth-order valence-corrected chi connectivity index (χ4v) is 4.22. The van der Waals surface area contributed by atoms with Crippen LogP contribution in [0.4, 0.5) is 28.1 Å². The molecule has 0 fully saturated rings. The molecule has 4 aromatic rings. The van der Waals surface area contributed by atoms with Crippen LogP contribution in [0.25, 0.3) is 0 Å². The number of rotatable bonds is 16. The summed E-state index contributed by atoms with van der Waals surface area (Å²) in [6.45, 7) is 13.3. The van der Waals surface area contributed by atoms with E-state index in [1.807, 2.05) is 34.0 Å². The van der Waals surface area contributed by atoms with Crippen LogP contribution in [0.2, 0.25) is 0 Å². The van der Waals surface area contributed by atoms with Crippen molar-refractivity contribution in [1.29, 1.82) is 5.26 Å². The van der Waals surface area contributed by atoms with Crippen LogP contribution in [-0.4, -0.2) is 119 Å². The van der Waals surface area contributed by atoms with E-state index in [9.17, 15) is 9.59 Å². The first kappa shape index (κ1) is 59.1. The van der Waals surface area contributed by atoms with Crippen molar-refractivity contribution >= 4 is 45.3 Å². The standard InChI is InChI=1S/C13H21N3O3.C9H12N4O.C8H13N3O.C5H6N2O.C4H9Br.C4H10O/c1-13(2,3)19-12(17)16(4)7-8-18-10-5-6-15-11(14)9-10;1-13(7-10)4-5-14-8-2-3-12-9(11)6-8;1-10-4-5-12-7-2-3-11-8(9)6-7;6-5-3-4(8)1-2-7-5;2*1-2-3-4-5/h5-6,9H,7-8H2,1-4H3,(H2,14,15);2-3,6H,4-5H2,1H3,(H2,11,12);2-3,6,10H,4-5H2,1H3,(H2,9,11);1-3H,(H3,6,7,8);2-4H2,1H3;5H,2-4H2,1H3. The Labute approximate surface area is 381 Å². The van der Waals surface area contributed by atoms with E-state index in [0.717, 1.165) is 30.5 Å². The lowest BCUT2D eigenvalue weighted by Gasteiger charge is -2.24. The number of nitrogens with zero attached hydrogens (tertiary/aromatic N) is 6. The van der Waals surface area contributed by atoms with Crippen LogP contribution in [0.5, 0.6) is 17.2 Å². The number of nitrogens with one attached hydrogen (secondary N) is 2. The second-order valence-electron chi connectivity index (χ2n) is 13.9. The highest BCUT2D eigenvalue weighted by Crippen LogP contribution is 2.14. The number of anilines is 4. The quantitative estimate of drug-likeness (QED) is 0.0314. The zero-order valence-corrected chi connectivity index (χ0v) is 39.8. The summed E-state index contributed by atoms with van der Waals surface area (Å²) in [5.41, 5.74) is 21.1. The predicted molar refractivity (Wildman–Crippen MR) is 256 cm³/mol. The average Bonchev–Trinajstić information content (AvgIpc) is 3.22. The molecule has 20 heteroatoms. The van der Waals surface area contributed by atoms with Crippen molar-refractivity contribution < 1.29 is 28.8 Å². The third-order valence-electron chi connectivity index (χ3n) is 6.94. The van der Waals surface area contributed by atoms with Crippen LogP contribution in [0.1, 0.15) is 60.3 Å². The molecule has 0 aliphatic heterocycles. The normalized spacial score (nSPS) is 9.67. The highest BCUT2D eigenvalue weighted by Gasteiger charge is 2.19. The number of aromatic amines is 1. The number of aliphatic hydroxyl groups excluding tert-OH is 1. The molecular weight excluding hydrogens is 876 g/mol. The minimum atomic E-state index is -0.494. The molecule has 0 aromatic carbocycles. The minimum absolute atomic E-state index is 0.0683. The highest BCUT2D eigenvalue weighted by atomic mass is 79.9.